The maximum atomic E-state index is 13.0. The van der Waals surface area contributed by atoms with E-state index in [1.807, 2.05) is 4.90 Å². The van der Waals surface area contributed by atoms with E-state index in [4.69, 9.17) is 4.74 Å². The number of anilines is 1. The number of hydrogen-bond donors (Lipinski definition) is 1. The molecule has 5 heteroatoms. The lowest BCUT2D eigenvalue weighted by Gasteiger charge is -2.28. The number of rotatable bonds is 4. The van der Waals surface area contributed by atoms with E-state index in [2.05, 4.69) is 11.1 Å². The van der Waals surface area contributed by atoms with Crippen LogP contribution in [0.2, 0.25) is 0 Å². The summed E-state index contributed by atoms with van der Waals surface area (Å²) in [4.78, 5) is 6.11. The highest BCUT2D eigenvalue weighted by Gasteiger charge is 2.16. The van der Waals surface area contributed by atoms with Crippen LogP contribution in [0.4, 0.5) is 10.2 Å². The first-order valence-corrected chi connectivity index (χ1v) is 5.91. The van der Waals surface area contributed by atoms with Crippen LogP contribution in [-0.2, 0) is 11.3 Å². The second-order valence-electron chi connectivity index (χ2n) is 4.29. The van der Waals surface area contributed by atoms with Gasteiger partial charge in [0.15, 0.2) is 0 Å². The zero-order valence-corrected chi connectivity index (χ0v) is 10.4. The normalized spacial score (nSPS) is 15.7. The molecule has 98 valence electrons. The second-order valence-corrected chi connectivity index (χ2v) is 4.29. The third kappa shape index (κ3) is 2.86. The maximum Gasteiger partial charge on any atom is 0.142 e. The van der Waals surface area contributed by atoms with Gasteiger partial charge < -0.3 is 14.7 Å². The van der Waals surface area contributed by atoms with E-state index in [1.54, 1.807) is 7.11 Å². The van der Waals surface area contributed by atoms with E-state index in [-0.39, 0.29) is 6.61 Å². The van der Waals surface area contributed by atoms with Crippen molar-refractivity contribution in [3.8, 4) is 0 Å². The number of aromatic nitrogens is 1. The monoisotopic (exact) mass is 252 g/mol. The zero-order valence-electron chi connectivity index (χ0n) is 10.4. The Hall–Kier alpha value is -1.46. The molecule has 18 heavy (non-hydrogen) atoms. The van der Waals surface area contributed by atoms with Gasteiger partial charge in [-0.15, -0.1) is 0 Å². The van der Waals surface area contributed by atoms with Gasteiger partial charge in [-0.1, -0.05) is 6.08 Å². The molecule has 1 aliphatic heterocycles. The van der Waals surface area contributed by atoms with Crippen LogP contribution in [0, 0.1) is 5.82 Å². The molecule has 0 spiro atoms. The predicted octanol–water partition coefficient (Wildman–Crippen LogP) is 1.50. The molecule has 0 aliphatic carbocycles. The lowest BCUT2D eigenvalue weighted by Crippen LogP contribution is -2.31. The Morgan fingerprint density at radius 3 is 3.00 bits per heavy atom. The van der Waals surface area contributed by atoms with Gasteiger partial charge >= 0.3 is 0 Å². The minimum atomic E-state index is -0.421. The molecular weight excluding hydrogens is 235 g/mol. The molecule has 0 unspecified atom stereocenters. The minimum Gasteiger partial charge on any atom is -0.392 e. The highest BCUT2D eigenvalue weighted by molar-refractivity contribution is 5.48. The summed E-state index contributed by atoms with van der Waals surface area (Å²) in [6.07, 6.45) is 4.18. The Balaban J connectivity index is 2.14. The van der Waals surface area contributed by atoms with Crippen molar-refractivity contribution in [1.29, 1.82) is 0 Å². The molecule has 4 nitrogen and oxygen atoms in total. The van der Waals surface area contributed by atoms with Gasteiger partial charge in [-0.2, -0.15) is 0 Å². The average Bonchev–Trinajstić information content (AvgIpc) is 2.40. The van der Waals surface area contributed by atoms with Crippen molar-refractivity contribution in [2.24, 2.45) is 0 Å². The number of aliphatic hydroxyl groups excluding tert-OH is 1. The summed E-state index contributed by atoms with van der Waals surface area (Å²) in [5.74, 6) is 0.238. The smallest absolute Gasteiger partial charge is 0.142 e. The first kappa shape index (κ1) is 13.0. The van der Waals surface area contributed by atoms with E-state index in [0.29, 0.717) is 24.5 Å². The van der Waals surface area contributed by atoms with Crippen LogP contribution in [-0.4, -0.2) is 36.9 Å². The standard InChI is InChI=1S/C13H17FN2O2/c1-18-9-10-2-4-16(5-3-10)13-11(8-17)6-12(14)7-15-13/h2,6-7,17H,3-5,8-9H2,1H3. The fourth-order valence-electron chi connectivity index (χ4n) is 2.10. The SMILES string of the molecule is COCC1=CCN(c2ncc(F)cc2CO)CC1. The van der Waals surface area contributed by atoms with E-state index in [9.17, 15) is 9.50 Å². The van der Waals surface area contributed by atoms with E-state index >= 15 is 0 Å². The fourth-order valence-corrected chi connectivity index (χ4v) is 2.10. The molecule has 0 aromatic carbocycles. The number of nitrogens with zero attached hydrogens (tertiary/aromatic N) is 2. The lowest BCUT2D eigenvalue weighted by molar-refractivity contribution is 0.222. The van der Waals surface area contributed by atoms with Gasteiger partial charge in [0.1, 0.15) is 11.6 Å². The van der Waals surface area contributed by atoms with Crippen molar-refractivity contribution in [2.45, 2.75) is 13.0 Å². The van der Waals surface area contributed by atoms with Crippen molar-refractivity contribution < 1.29 is 14.2 Å². The highest BCUT2D eigenvalue weighted by atomic mass is 19.1. The van der Waals surface area contributed by atoms with Crippen LogP contribution in [0.15, 0.2) is 23.9 Å². The summed E-state index contributed by atoms with van der Waals surface area (Å²) in [5, 5.41) is 9.24. The number of methoxy groups -OCH3 is 1. The third-order valence-corrected chi connectivity index (χ3v) is 3.01. The molecule has 0 saturated carbocycles. The molecule has 0 bridgehead atoms. The van der Waals surface area contributed by atoms with Gasteiger partial charge in [-0.25, -0.2) is 9.37 Å². The van der Waals surface area contributed by atoms with Crippen LogP contribution in [0.3, 0.4) is 0 Å². The Morgan fingerprint density at radius 1 is 1.56 bits per heavy atom. The topological polar surface area (TPSA) is 45.6 Å². The van der Waals surface area contributed by atoms with Gasteiger partial charge in [0.25, 0.3) is 0 Å². The van der Waals surface area contributed by atoms with Crippen molar-refractivity contribution in [3.63, 3.8) is 0 Å². The van der Waals surface area contributed by atoms with Crippen molar-refractivity contribution in [3.05, 3.63) is 35.3 Å². The fraction of sp³-hybridized carbons (Fsp3) is 0.462. The maximum absolute atomic E-state index is 13.0. The number of aliphatic hydroxyl groups is 1. The number of pyridine rings is 1. The number of hydrogen-bond acceptors (Lipinski definition) is 4. The molecular formula is C13H17FN2O2. The highest BCUT2D eigenvalue weighted by Crippen LogP contribution is 2.22. The van der Waals surface area contributed by atoms with E-state index in [0.717, 1.165) is 13.0 Å². The molecule has 2 heterocycles. The van der Waals surface area contributed by atoms with Crippen LogP contribution < -0.4 is 4.90 Å². The summed E-state index contributed by atoms with van der Waals surface area (Å²) in [6, 6.07) is 1.33. The molecule has 0 amide bonds. The van der Waals surface area contributed by atoms with Crippen molar-refractivity contribution in [2.75, 3.05) is 31.7 Å². The summed E-state index contributed by atoms with van der Waals surface area (Å²) in [7, 11) is 1.68. The third-order valence-electron chi connectivity index (χ3n) is 3.01. The summed E-state index contributed by atoms with van der Waals surface area (Å²) in [6.45, 7) is 1.97. The number of halogens is 1. The predicted molar refractivity (Wildman–Crippen MR) is 66.9 cm³/mol. The largest absolute Gasteiger partial charge is 0.392 e. The van der Waals surface area contributed by atoms with E-state index < -0.39 is 5.82 Å². The van der Waals surface area contributed by atoms with Crippen LogP contribution in [0.5, 0.6) is 0 Å². The van der Waals surface area contributed by atoms with E-state index in [1.165, 1.54) is 17.8 Å². The van der Waals surface area contributed by atoms with Gasteiger partial charge in [0.05, 0.1) is 19.4 Å². The molecule has 0 saturated heterocycles. The quantitative estimate of drug-likeness (QED) is 0.825. The Kier molecular flexibility index (Phi) is 4.28. The van der Waals surface area contributed by atoms with Gasteiger partial charge in [-0.05, 0) is 18.1 Å². The van der Waals surface area contributed by atoms with Crippen LogP contribution in [0.25, 0.3) is 0 Å². The summed E-state index contributed by atoms with van der Waals surface area (Å²) in [5.41, 5.74) is 1.79. The van der Waals surface area contributed by atoms with Gasteiger partial charge in [0.2, 0.25) is 0 Å². The zero-order chi connectivity index (χ0) is 13.0. The summed E-state index contributed by atoms with van der Waals surface area (Å²) < 4.78 is 18.1. The second kappa shape index (κ2) is 5.93. The molecule has 0 fully saturated rings. The first-order valence-electron chi connectivity index (χ1n) is 5.91. The van der Waals surface area contributed by atoms with Crippen LogP contribution >= 0.6 is 0 Å². The molecule has 1 aromatic rings. The molecule has 1 N–H and O–H groups in total. The van der Waals surface area contributed by atoms with Crippen LogP contribution in [0.1, 0.15) is 12.0 Å². The molecule has 0 radical (unpaired) electrons. The first-order chi connectivity index (χ1) is 8.74. The summed E-state index contributed by atoms with van der Waals surface area (Å²) >= 11 is 0. The Bertz CT molecular complexity index is 449. The molecule has 1 aromatic heterocycles. The molecule has 0 atom stereocenters. The van der Waals surface area contributed by atoms with Gasteiger partial charge in [0, 0.05) is 25.8 Å². The Morgan fingerprint density at radius 2 is 2.39 bits per heavy atom. The average molecular weight is 252 g/mol. The minimum absolute atomic E-state index is 0.203. The number of ether oxygens (including phenoxy) is 1. The van der Waals surface area contributed by atoms with Crippen molar-refractivity contribution in [1.82, 2.24) is 4.98 Å². The lowest BCUT2D eigenvalue weighted by atomic mass is 10.1. The van der Waals surface area contributed by atoms with Crippen molar-refractivity contribution >= 4 is 5.82 Å². The Labute approximate surface area is 106 Å². The molecule has 1 aliphatic rings. The van der Waals surface area contributed by atoms with Gasteiger partial charge in [-0.3, -0.25) is 0 Å². The molecule has 2 rings (SSSR count).